The van der Waals surface area contributed by atoms with Gasteiger partial charge in [0, 0.05) is 22.8 Å². The van der Waals surface area contributed by atoms with E-state index in [9.17, 15) is 0 Å². The van der Waals surface area contributed by atoms with Crippen LogP contribution in [0.4, 0.5) is 0 Å². The molecule has 0 aliphatic heterocycles. The zero-order valence-electron chi connectivity index (χ0n) is 13.2. The highest BCUT2D eigenvalue weighted by molar-refractivity contribution is 14.0. The van der Waals surface area contributed by atoms with Gasteiger partial charge in [-0.05, 0) is 38.6 Å². The average molecular weight is 450 g/mol. The molecule has 2 aromatic heterocycles. The van der Waals surface area contributed by atoms with Crippen molar-refractivity contribution in [1.82, 2.24) is 15.6 Å². The second-order valence-corrected chi connectivity index (χ2v) is 7.01. The Morgan fingerprint density at radius 2 is 2.14 bits per heavy atom. The van der Waals surface area contributed by atoms with Gasteiger partial charge in [-0.25, -0.2) is 9.98 Å². The summed E-state index contributed by atoms with van der Waals surface area (Å²) in [7, 11) is 0. The van der Waals surface area contributed by atoms with Gasteiger partial charge in [0.25, 0.3) is 0 Å². The number of aryl methyl sites for hydroxylation is 2. The lowest BCUT2D eigenvalue weighted by Crippen LogP contribution is -2.38. The maximum Gasteiger partial charge on any atom is 0.191 e. The summed E-state index contributed by atoms with van der Waals surface area (Å²) in [4.78, 5) is 11.7. The number of hydrogen-bond donors (Lipinski definition) is 2. The maximum atomic E-state index is 4.64. The smallest absolute Gasteiger partial charge is 0.191 e. The van der Waals surface area contributed by atoms with Crippen molar-refractivity contribution in [1.29, 1.82) is 0 Å². The van der Waals surface area contributed by atoms with Gasteiger partial charge in [0.1, 0.15) is 0 Å². The SMILES string of the molecule is CCNC(=NCc1sc(C)nc1C)NCCc1cccs1.I. The van der Waals surface area contributed by atoms with E-state index < -0.39 is 0 Å². The molecule has 22 heavy (non-hydrogen) atoms. The molecule has 2 heterocycles. The van der Waals surface area contributed by atoms with Crippen LogP contribution in [0.1, 0.15) is 27.4 Å². The number of thiophene rings is 1. The van der Waals surface area contributed by atoms with Gasteiger partial charge in [-0.15, -0.1) is 46.7 Å². The number of nitrogens with one attached hydrogen (secondary N) is 2. The molecule has 0 aliphatic rings. The molecule has 0 amide bonds. The normalized spacial score (nSPS) is 11.1. The number of hydrogen-bond acceptors (Lipinski definition) is 4. The summed E-state index contributed by atoms with van der Waals surface area (Å²) in [5, 5.41) is 9.89. The van der Waals surface area contributed by atoms with Crippen LogP contribution in [0.25, 0.3) is 0 Å². The van der Waals surface area contributed by atoms with Crippen molar-refractivity contribution in [3.05, 3.63) is 38.0 Å². The first-order valence-electron chi connectivity index (χ1n) is 7.16. The highest BCUT2D eigenvalue weighted by Crippen LogP contribution is 2.17. The highest BCUT2D eigenvalue weighted by atomic mass is 127. The molecule has 0 saturated heterocycles. The van der Waals surface area contributed by atoms with Gasteiger partial charge in [0.2, 0.25) is 0 Å². The van der Waals surface area contributed by atoms with Crippen molar-refractivity contribution >= 4 is 52.6 Å². The topological polar surface area (TPSA) is 49.3 Å². The van der Waals surface area contributed by atoms with E-state index in [0.29, 0.717) is 6.54 Å². The summed E-state index contributed by atoms with van der Waals surface area (Å²) in [5.74, 6) is 0.875. The van der Waals surface area contributed by atoms with Crippen LogP contribution in [0.2, 0.25) is 0 Å². The number of rotatable bonds is 6. The van der Waals surface area contributed by atoms with Gasteiger partial charge in [-0.3, -0.25) is 0 Å². The number of guanidine groups is 1. The van der Waals surface area contributed by atoms with Crippen LogP contribution in [0.15, 0.2) is 22.5 Å². The molecular formula is C15H23IN4S2. The Morgan fingerprint density at radius 1 is 1.32 bits per heavy atom. The molecule has 0 spiro atoms. The third-order valence-electron chi connectivity index (χ3n) is 2.97. The fourth-order valence-electron chi connectivity index (χ4n) is 1.97. The lowest BCUT2D eigenvalue weighted by Gasteiger charge is -2.10. The van der Waals surface area contributed by atoms with Crippen LogP contribution in [-0.2, 0) is 13.0 Å². The largest absolute Gasteiger partial charge is 0.357 e. The zero-order chi connectivity index (χ0) is 15.1. The predicted octanol–water partition coefficient (Wildman–Crippen LogP) is 3.74. The monoisotopic (exact) mass is 450 g/mol. The number of aliphatic imine (C=N–C) groups is 1. The summed E-state index contributed by atoms with van der Waals surface area (Å²) in [6, 6.07) is 4.26. The van der Waals surface area contributed by atoms with Gasteiger partial charge in [-0.2, -0.15) is 0 Å². The number of nitrogens with zero attached hydrogens (tertiary/aromatic N) is 2. The predicted molar refractivity (Wildman–Crippen MR) is 108 cm³/mol. The Kier molecular flexibility index (Phi) is 8.96. The molecule has 7 heteroatoms. The van der Waals surface area contributed by atoms with Crippen LogP contribution in [0.3, 0.4) is 0 Å². The molecule has 122 valence electrons. The van der Waals surface area contributed by atoms with E-state index in [2.05, 4.69) is 45.0 Å². The lowest BCUT2D eigenvalue weighted by atomic mass is 10.3. The Morgan fingerprint density at radius 3 is 2.73 bits per heavy atom. The molecule has 0 aliphatic carbocycles. The number of aromatic nitrogens is 1. The molecule has 0 radical (unpaired) electrons. The van der Waals surface area contributed by atoms with Crippen LogP contribution in [0, 0.1) is 13.8 Å². The van der Waals surface area contributed by atoms with E-state index in [-0.39, 0.29) is 24.0 Å². The fraction of sp³-hybridized carbons (Fsp3) is 0.467. The summed E-state index contributed by atoms with van der Waals surface area (Å²) >= 11 is 3.52. The minimum Gasteiger partial charge on any atom is -0.357 e. The van der Waals surface area contributed by atoms with E-state index >= 15 is 0 Å². The molecule has 0 bridgehead atoms. The standard InChI is InChI=1S/C15H22N4S2.HI/c1-4-16-15(17-8-7-13-6-5-9-20-13)18-10-14-11(2)19-12(3)21-14;/h5-6,9H,4,7-8,10H2,1-3H3,(H2,16,17,18);1H. The Labute approximate surface area is 157 Å². The molecule has 0 atom stereocenters. The van der Waals surface area contributed by atoms with Gasteiger partial charge in [0.15, 0.2) is 5.96 Å². The van der Waals surface area contributed by atoms with Crippen molar-refractivity contribution < 1.29 is 0 Å². The highest BCUT2D eigenvalue weighted by Gasteiger charge is 2.04. The fourth-order valence-corrected chi connectivity index (χ4v) is 3.54. The van der Waals surface area contributed by atoms with Gasteiger partial charge in [0.05, 0.1) is 17.2 Å². The Bertz CT molecular complexity index is 578. The first kappa shape index (κ1) is 19.4. The molecular weight excluding hydrogens is 427 g/mol. The van der Waals surface area contributed by atoms with Crippen LogP contribution in [-0.4, -0.2) is 24.0 Å². The molecule has 0 unspecified atom stereocenters. The zero-order valence-corrected chi connectivity index (χ0v) is 17.1. The van der Waals surface area contributed by atoms with Crippen LogP contribution < -0.4 is 10.6 Å². The van der Waals surface area contributed by atoms with E-state index in [1.54, 1.807) is 22.7 Å². The molecule has 2 rings (SSSR count). The van der Waals surface area contributed by atoms with Crippen LogP contribution in [0.5, 0.6) is 0 Å². The van der Waals surface area contributed by atoms with Gasteiger partial charge >= 0.3 is 0 Å². The van der Waals surface area contributed by atoms with E-state index in [1.165, 1.54) is 9.75 Å². The first-order valence-corrected chi connectivity index (χ1v) is 8.86. The first-order chi connectivity index (χ1) is 10.2. The molecule has 2 aromatic rings. The summed E-state index contributed by atoms with van der Waals surface area (Å²) in [5.41, 5.74) is 1.09. The lowest BCUT2D eigenvalue weighted by molar-refractivity contribution is 0.805. The molecule has 0 aromatic carbocycles. The molecule has 0 fully saturated rings. The van der Waals surface area contributed by atoms with E-state index in [4.69, 9.17) is 0 Å². The van der Waals surface area contributed by atoms with Gasteiger partial charge in [-0.1, -0.05) is 6.07 Å². The van der Waals surface area contributed by atoms with E-state index in [0.717, 1.165) is 36.2 Å². The van der Waals surface area contributed by atoms with Gasteiger partial charge < -0.3 is 10.6 Å². The molecule has 2 N–H and O–H groups in total. The van der Waals surface area contributed by atoms with Crippen molar-refractivity contribution in [2.75, 3.05) is 13.1 Å². The van der Waals surface area contributed by atoms with Crippen molar-refractivity contribution in [2.45, 2.75) is 33.7 Å². The third kappa shape index (κ3) is 6.21. The second-order valence-electron chi connectivity index (χ2n) is 4.69. The number of thiazole rings is 1. The molecule has 0 saturated carbocycles. The van der Waals surface area contributed by atoms with Crippen molar-refractivity contribution in [3.8, 4) is 0 Å². The Hall–Kier alpha value is -0.670. The Balaban J connectivity index is 0.00000242. The molecule has 4 nitrogen and oxygen atoms in total. The third-order valence-corrected chi connectivity index (χ3v) is 4.96. The van der Waals surface area contributed by atoms with Crippen molar-refractivity contribution in [2.24, 2.45) is 4.99 Å². The summed E-state index contributed by atoms with van der Waals surface area (Å²) in [6.45, 7) is 8.61. The minimum atomic E-state index is 0. The van der Waals surface area contributed by atoms with Crippen LogP contribution >= 0.6 is 46.7 Å². The quantitative estimate of drug-likeness (QED) is 0.401. The summed E-state index contributed by atoms with van der Waals surface area (Å²) < 4.78 is 0. The van der Waals surface area contributed by atoms with E-state index in [1.807, 2.05) is 13.8 Å². The maximum absolute atomic E-state index is 4.64. The minimum absolute atomic E-state index is 0. The van der Waals surface area contributed by atoms with Crippen molar-refractivity contribution in [3.63, 3.8) is 0 Å². The summed E-state index contributed by atoms with van der Waals surface area (Å²) in [6.07, 6.45) is 1.03. The average Bonchev–Trinajstić information content (AvgIpc) is 3.06. The number of halogens is 1. The second kappa shape index (κ2) is 10.2.